The number of carbonyl (C=O) groups is 1. The van der Waals surface area contributed by atoms with Crippen molar-refractivity contribution in [1.82, 2.24) is 5.32 Å². The van der Waals surface area contributed by atoms with Gasteiger partial charge in [-0.05, 0) is 35.7 Å². The van der Waals surface area contributed by atoms with Crippen LogP contribution in [0.5, 0.6) is 23.0 Å². The van der Waals surface area contributed by atoms with E-state index in [0.29, 0.717) is 28.9 Å². The maximum absolute atomic E-state index is 12.0. The molecule has 0 aromatic heterocycles. The molecular weight excluding hydrogens is 374 g/mol. The summed E-state index contributed by atoms with van der Waals surface area (Å²) in [5, 5.41) is 12.7. The van der Waals surface area contributed by atoms with Gasteiger partial charge in [0.25, 0.3) is 5.91 Å². The van der Waals surface area contributed by atoms with Crippen LogP contribution in [0, 0.1) is 0 Å². The zero-order valence-electron chi connectivity index (χ0n) is 17.3. The molecule has 7 heteroatoms. The van der Waals surface area contributed by atoms with Crippen LogP contribution < -0.4 is 24.3 Å². The summed E-state index contributed by atoms with van der Waals surface area (Å²) in [6.07, 6.45) is -0.905. The van der Waals surface area contributed by atoms with Crippen molar-refractivity contribution in [2.24, 2.45) is 0 Å². The lowest BCUT2D eigenvalue weighted by atomic mass is 10.0. The summed E-state index contributed by atoms with van der Waals surface area (Å²) < 4.78 is 21.6. The van der Waals surface area contributed by atoms with E-state index < -0.39 is 6.10 Å². The zero-order chi connectivity index (χ0) is 21.2. The fourth-order valence-corrected chi connectivity index (χ4v) is 2.59. The van der Waals surface area contributed by atoms with Crippen LogP contribution in [0.2, 0.25) is 0 Å². The maximum atomic E-state index is 12.0. The highest BCUT2D eigenvalue weighted by molar-refractivity contribution is 5.77. The number of para-hydroxylation sites is 1. The molecular formula is C22H29NO6. The van der Waals surface area contributed by atoms with Gasteiger partial charge >= 0.3 is 0 Å². The van der Waals surface area contributed by atoms with E-state index in [9.17, 15) is 9.90 Å². The highest BCUT2D eigenvalue weighted by atomic mass is 16.5. The van der Waals surface area contributed by atoms with Crippen LogP contribution in [-0.4, -0.2) is 51.1 Å². The second-order valence-electron chi connectivity index (χ2n) is 6.78. The molecule has 2 aromatic carbocycles. The molecule has 7 nitrogen and oxygen atoms in total. The number of ether oxygens (including phenoxy) is 4. The molecule has 1 atom stereocenters. The number of hydrogen-bond donors (Lipinski definition) is 2. The second kappa shape index (κ2) is 11.2. The third kappa shape index (κ3) is 6.87. The molecule has 0 fully saturated rings. The van der Waals surface area contributed by atoms with Crippen molar-refractivity contribution in [3.8, 4) is 23.0 Å². The van der Waals surface area contributed by atoms with Gasteiger partial charge in [-0.25, -0.2) is 0 Å². The SMILES string of the molecule is COc1cccc(OC)c1OCC(O)CNC(=O)COc1cccc(C(C)C)c1. The maximum Gasteiger partial charge on any atom is 0.258 e. The van der Waals surface area contributed by atoms with Crippen molar-refractivity contribution < 1.29 is 28.8 Å². The molecule has 0 aliphatic carbocycles. The van der Waals surface area contributed by atoms with Crippen LogP contribution >= 0.6 is 0 Å². The number of amides is 1. The van der Waals surface area contributed by atoms with E-state index in [1.165, 1.54) is 14.2 Å². The Hall–Kier alpha value is -2.93. The largest absolute Gasteiger partial charge is 0.493 e. The molecule has 1 amide bonds. The third-order valence-electron chi connectivity index (χ3n) is 4.23. The average Bonchev–Trinajstić information content (AvgIpc) is 2.74. The molecule has 2 rings (SSSR count). The number of benzene rings is 2. The van der Waals surface area contributed by atoms with Gasteiger partial charge in [0, 0.05) is 6.54 Å². The second-order valence-corrected chi connectivity index (χ2v) is 6.78. The standard InChI is InChI=1S/C22H29NO6/c1-15(2)16-7-5-8-18(11-16)28-14-21(25)23-12-17(24)13-29-22-19(26-3)9-6-10-20(22)27-4/h5-11,15,17,24H,12-14H2,1-4H3,(H,23,25). The summed E-state index contributed by atoms with van der Waals surface area (Å²) in [4.78, 5) is 12.0. The lowest BCUT2D eigenvalue weighted by molar-refractivity contribution is -0.123. The molecule has 0 heterocycles. The first-order valence-electron chi connectivity index (χ1n) is 9.46. The van der Waals surface area contributed by atoms with Crippen LogP contribution in [0.4, 0.5) is 0 Å². The van der Waals surface area contributed by atoms with E-state index in [1.54, 1.807) is 18.2 Å². The van der Waals surface area contributed by atoms with Crippen molar-refractivity contribution in [3.63, 3.8) is 0 Å². The van der Waals surface area contributed by atoms with Gasteiger partial charge in [0.1, 0.15) is 18.5 Å². The number of methoxy groups -OCH3 is 2. The summed E-state index contributed by atoms with van der Waals surface area (Å²) >= 11 is 0. The fourth-order valence-electron chi connectivity index (χ4n) is 2.59. The van der Waals surface area contributed by atoms with Crippen LogP contribution in [0.1, 0.15) is 25.3 Å². The Morgan fingerprint density at radius 1 is 1.03 bits per heavy atom. The minimum absolute atomic E-state index is 0.0334. The van der Waals surface area contributed by atoms with E-state index in [4.69, 9.17) is 18.9 Å². The van der Waals surface area contributed by atoms with Gasteiger partial charge in [-0.15, -0.1) is 0 Å². The van der Waals surface area contributed by atoms with Crippen molar-refractivity contribution in [2.45, 2.75) is 25.9 Å². The Morgan fingerprint density at radius 2 is 1.69 bits per heavy atom. The minimum Gasteiger partial charge on any atom is -0.493 e. The topological polar surface area (TPSA) is 86.3 Å². The number of aliphatic hydroxyl groups excluding tert-OH is 1. The highest BCUT2D eigenvalue weighted by Crippen LogP contribution is 2.36. The Kier molecular flexibility index (Phi) is 8.61. The predicted octanol–water partition coefficient (Wildman–Crippen LogP) is 2.76. The fraction of sp³-hybridized carbons (Fsp3) is 0.409. The lowest BCUT2D eigenvalue weighted by Crippen LogP contribution is -2.37. The number of carbonyl (C=O) groups excluding carboxylic acids is 1. The Morgan fingerprint density at radius 3 is 2.31 bits per heavy atom. The molecule has 0 bridgehead atoms. The summed E-state index contributed by atoms with van der Waals surface area (Å²) in [6, 6.07) is 12.9. The normalized spacial score (nSPS) is 11.7. The van der Waals surface area contributed by atoms with Crippen molar-refractivity contribution in [2.75, 3.05) is 34.0 Å². The number of rotatable bonds is 11. The summed E-state index contributed by atoms with van der Waals surface area (Å²) in [6.45, 7) is 4.06. The Labute approximate surface area is 171 Å². The molecule has 0 radical (unpaired) electrons. The third-order valence-corrected chi connectivity index (χ3v) is 4.23. The molecule has 2 aromatic rings. The van der Waals surface area contributed by atoms with Gasteiger partial charge in [-0.3, -0.25) is 4.79 Å². The summed E-state index contributed by atoms with van der Waals surface area (Å²) in [7, 11) is 3.05. The van der Waals surface area contributed by atoms with Gasteiger partial charge in [0.2, 0.25) is 5.75 Å². The first kappa shape index (κ1) is 22.4. The molecule has 0 aliphatic heterocycles. The number of hydrogen-bond acceptors (Lipinski definition) is 6. The van der Waals surface area contributed by atoms with Gasteiger partial charge in [-0.2, -0.15) is 0 Å². The van der Waals surface area contributed by atoms with E-state index in [1.807, 2.05) is 24.3 Å². The van der Waals surface area contributed by atoms with Crippen LogP contribution in [0.25, 0.3) is 0 Å². The summed E-state index contributed by atoms with van der Waals surface area (Å²) in [5.74, 6) is 2.09. The minimum atomic E-state index is -0.905. The number of aliphatic hydroxyl groups is 1. The molecule has 0 spiro atoms. The summed E-state index contributed by atoms with van der Waals surface area (Å²) in [5.41, 5.74) is 1.14. The molecule has 158 valence electrons. The molecule has 1 unspecified atom stereocenters. The first-order chi connectivity index (χ1) is 13.9. The van der Waals surface area contributed by atoms with Crippen LogP contribution in [0.3, 0.4) is 0 Å². The lowest BCUT2D eigenvalue weighted by Gasteiger charge is -2.17. The van der Waals surface area contributed by atoms with Crippen molar-refractivity contribution in [1.29, 1.82) is 0 Å². The van der Waals surface area contributed by atoms with Gasteiger partial charge in [-0.1, -0.05) is 32.0 Å². The van der Waals surface area contributed by atoms with Gasteiger partial charge in [0.15, 0.2) is 18.1 Å². The van der Waals surface area contributed by atoms with Gasteiger partial charge in [0.05, 0.1) is 14.2 Å². The monoisotopic (exact) mass is 403 g/mol. The van der Waals surface area contributed by atoms with Crippen molar-refractivity contribution in [3.05, 3.63) is 48.0 Å². The molecule has 2 N–H and O–H groups in total. The highest BCUT2D eigenvalue weighted by Gasteiger charge is 2.14. The molecule has 0 saturated carbocycles. The van der Waals surface area contributed by atoms with E-state index in [2.05, 4.69) is 19.2 Å². The van der Waals surface area contributed by atoms with E-state index >= 15 is 0 Å². The Bertz CT molecular complexity index is 770. The first-order valence-corrected chi connectivity index (χ1v) is 9.46. The molecule has 29 heavy (non-hydrogen) atoms. The quantitative estimate of drug-likeness (QED) is 0.600. The Balaban J connectivity index is 1.77. The van der Waals surface area contributed by atoms with Crippen molar-refractivity contribution >= 4 is 5.91 Å². The molecule has 0 aliphatic rings. The van der Waals surface area contributed by atoms with E-state index in [-0.39, 0.29) is 25.7 Å². The average molecular weight is 403 g/mol. The van der Waals surface area contributed by atoms with Crippen LogP contribution in [0.15, 0.2) is 42.5 Å². The zero-order valence-corrected chi connectivity index (χ0v) is 17.3. The molecule has 0 saturated heterocycles. The van der Waals surface area contributed by atoms with E-state index in [0.717, 1.165) is 5.56 Å². The smallest absolute Gasteiger partial charge is 0.258 e. The number of nitrogens with one attached hydrogen (secondary N) is 1. The van der Waals surface area contributed by atoms with Gasteiger partial charge < -0.3 is 29.4 Å². The van der Waals surface area contributed by atoms with Crippen LogP contribution in [-0.2, 0) is 4.79 Å². The predicted molar refractivity (Wildman–Crippen MR) is 110 cm³/mol.